The van der Waals surface area contributed by atoms with Crippen LogP contribution in [0.1, 0.15) is 151 Å². The molecule has 0 heterocycles. The highest BCUT2D eigenvalue weighted by atomic mass is 16.5. The van der Waals surface area contributed by atoms with Gasteiger partial charge >= 0.3 is 11.9 Å². The summed E-state index contributed by atoms with van der Waals surface area (Å²) in [5.41, 5.74) is 1.34. The monoisotopic (exact) mass is 623 g/mol. The molecule has 0 fully saturated rings. The molecule has 0 N–H and O–H groups in total. The van der Waals surface area contributed by atoms with Crippen molar-refractivity contribution in [3.8, 4) is 0 Å². The molecule has 6 nitrogen and oxygen atoms in total. The Kier molecular flexibility index (Phi) is 28.1. The number of esters is 2. The van der Waals surface area contributed by atoms with Crippen LogP contribution < -0.4 is 0 Å². The molecule has 260 valence electrons. The maximum atomic E-state index is 12.2. The van der Waals surface area contributed by atoms with Gasteiger partial charge in [0.1, 0.15) is 6.61 Å². The van der Waals surface area contributed by atoms with E-state index in [1.54, 1.807) is 0 Å². The summed E-state index contributed by atoms with van der Waals surface area (Å²) in [7, 11) is 4.22. The summed E-state index contributed by atoms with van der Waals surface area (Å²) in [6, 6.07) is 0. The number of carbonyl (C=O) groups is 2. The molecule has 0 bridgehead atoms. The van der Waals surface area contributed by atoms with Crippen molar-refractivity contribution in [1.29, 1.82) is 0 Å². The molecule has 0 radical (unpaired) electrons. The third-order valence-corrected chi connectivity index (χ3v) is 8.70. The largest absolute Gasteiger partial charge is 0.466 e. The van der Waals surface area contributed by atoms with Gasteiger partial charge in [-0.05, 0) is 103 Å². The number of unbranched alkanes of at least 4 members (excludes halogenated alkanes) is 4. The summed E-state index contributed by atoms with van der Waals surface area (Å²) < 4.78 is 10.5. The fourth-order valence-electron chi connectivity index (χ4n) is 5.63. The van der Waals surface area contributed by atoms with E-state index in [2.05, 4.69) is 64.6 Å². The molecule has 0 aromatic rings. The van der Waals surface area contributed by atoms with Crippen LogP contribution >= 0.6 is 0 Å². The highest BCUT2D eigenvalue weighted by molar-refractivity contribution is 5.69. The lowest BCUT2D eigenvalue weighted by Gasteiger charge is -2.24. The van der Waals surface area contributed by atoms with Crippen molar-refractivity contribution in [2.24, 2.45) is 17.8 Å². The van der Waals surface area contributed by atoms with Crippen molar-refractivity contribution in [3.63, 3.8) is 0 Å². The summed E-state index contributed by atoms with van der Waals surface area (Å²) >= 11 is 0. The molecule has 0 saturated carbocycles. The van der Waals surface area contributed by atoms with Gasteiger partial charge in [0.15, 0.2) is 0 Å². The van der Waals surface area contributed by atoms with Crippen molar-refractivity contribution in [2.45, 2.75) is 151 Å². The third-order valence-electron chi connectivity index (χ3n) is 8.70. The number of hydrogen-bond acceptors (Lipinski definition) is 6. The molecule has 0 rings (SSSR count). The molecule has 2 atom stereocenters. The van der Waals surface area contributed by atoms with Gasteiger partial charge < -0.3 is 19.3 Å². The van der Waals surface area contributed by atoms with Crippen molar-refractivity contribution in [3.05, 3.63) is 11.6 Å². The lowest BCUT2D eigenvalue weighted by molar-refractivity contribution is -0.143. The van der Waals surface area contributed by atoms with E-state index < -0.39 is 0 Å². The van der Waals surface area contributed by atoms with Gasteiger partial charge in [0.05, 0.1) is 6.61 Å². The average molecular weight is 623 g/mol. The van der Waals surface area contributed by atoms with E-state index >= 15 is 0 Å². The van der Waals surface area contributed by atoms with Crippen LogP contribution in [-0.4, -0.2) is 75.2 Å². The summed E-state index contributed by atoms with van der Waals surface area (Å²) in [5, 5.41) is 0. The van der Waals surface area contributed by atoms with Crippen molar-refractivity contribution < 1.29 is 19.1 Å². The predicted octanol–water partition coefficient (Wildman–Crippen LogP) is 9.46. The number of hydrogen-bond donors (Lipinski definition) is 0. The molecular weight excluding hydrogens is 548 g/mol. The Morgan fingerprint density at radius 3 is 1.66 bits per heavy atom. The summed E-state index contributed by atoms with van der Waals surface area (Å²) in [6.45, 7) is 18.6. The molecule has 6 heteroatoms. The van der Waals surface area contributed by atoms with Gasteiger partial charge in [-0.1, -0.05) is 91.1 Å². The zero-order valence-electron chi connectivity index (χ0n) is 30.6. The number of nitrogens with zero attached hydrogens (tertiary/aromatic N) is 2. The fraction of sp³-hybridized carbons (Fsp3) is 0.895. The first kappa shape index (κ1) is 42.6. The zero-order valence-corrected chi connectivity index (χ0v) is 30.6. The molecule has 44 heavy (non-hydrogen) atoms. The zero-order chi connectivity index (χ0) is 33.0. The number of rotatable bonds is 30. The van der Waals surface area contributed by atoms with Crippen molar-refractivity contribution >= 4 is 11.9 Å². The first-order valence-electron chi connectivity index (χ1n) is 18.4. The summed E-state index contributed by atoms with van der Waals surface area (Å²) in [4.78, 5) is 28.5. The minimum absolute atomic E-state index is 0.0767. The Balaban J connectivity index is 3.97. The number of carbonyl (C=O) groups excluding carboxylic acids is 2. The van der Waals surface area contributed by atoms with E-state index in [4.69, 9.17) is 9.47 Å². The molecule has 0 aromatic heterocycles. The SMILES string of the molecule is CCOC(=O)CCCCCN(CCCCCC(=O)OC/C=C(\C)CCC[C@@H](C)CCC[C@H](C)CCCC(C)C)CCN(C)C. The Hall–Kier alpha value is -1.40. The minimum atomic E-state index is -0.0829. The van der Waals surface area contributed by atoms with Crippen LogP contribution in [0.25, 0.3) is 0 Å². The first-order valence-corrected chi connectivity index (χ1v) is 18.4. The lowest BCUT2D eigenvalue weighted by atomic mass is 9.91. The van der Waals surface area contributed by atoms with Crippen LogP contribution in [0.5, 0.6) is 0 Å². The first-order chi connectivity index (χ1) is 21.0. The predicted molar refractivity (Wildman–Crippen MR) is 188 cm³/mol. The van der Waals surface area contributed by atoms with Crippen molar-refractivity contribution in [2.75, 3.05) is 53.5 Å². The van der Waals surface area contributed by atoms with Crippen LogP contribution in [-0.2, 0) is 19.1 Å². The van der Waals surface area contributed by atoms with E-state index in [0.29, 0.717) is 26.1 Å². The van der Waals surface area contributed by atoms with Crippen LogP contribution in [0.4, 0.5) is 0 Å². The van der Waals surface area contributed by atoms with Crippen LogP contribution in [0.15, 0.2) is 11.6 Å². The van der Waals surface area contributed by atoms with Gasteiger partial charge in [0.2, 0.25) is 0 Å². The summed E-state index contributed by atoms with van der Waals surface area (Å²) in [5.74, 6) is 2.34. The Labute approximate surface area is 274 Å². The normalized spacial score (nSPS) is 13.6. The third kappa shape index (κ3) is 29.3. The molecule has 0 aromatic carbocycles. The van der Waals surface area contributed by atoms with Gasteiger partial charge in [-0.15, -0.1) is 0 Å². The second-order valence-electron chi connectivity index (χ2n) is 14.2. The maximum absolute atomic E-state index is 12.2. The number of allylic oxidation sites excluding steroid dienone is 1. The standard InChI is InChI=1S/C38H74N2O4/c1-9-43-37(41)25-12-10-14-28-40(31-30-39(7)8)29-15-11-13-26-38(42)44-32-27-36(6)24-18-23-35(5)22-17-21-34(4)20-16-19-33(2)3/h27,33-35H,9-26,28-32H2,1-8H3/b36-27+/t34-,35+/m1/s1. The van der Waals surface area contributed by atoms with Gasteiger partial charge in [-0.3, -0.25) is 9.59 Å². The fourth-order valence-corrected chi connectivity index (χ4v) is 5.63. The molecule has 0 aliphatic heterocycles. The topological polar surface area (TPSA) is 59.1 Å². The Bertz CT molecular complexity index is 722. The maximum Gasteiger partial charge on any atom is 0.306 e. The van der Waals surface area contributed by atoms with E-state index in [1.807, 2.05) is 6.92 Å². The van der Waals surface area contributed by atoms with E-state index in [0.717, 1.165) is 88.9 Å². The minimum Gasteiger partial charge on any atom is -0.466 e. The molecule has 0 spiro atoms. The van der Waals surface area contributed by atoms with Gasteiger partial charge in [0.25, 0.3) is 0 Å². The number of ether oxygens (including phenoxy) is 2. The smallest absolute Gasteiger partial charge is 0.306 e. The van der Waals surface area contributed by atoms with Crippen LogP contribution in [0, 0.1) is 17.8 Å². The molecule has 0 unspecified atom stereocenters. The lowest BCUT2D eigenvalue weighted by Crippen LogP contribution is -2.33. The quantitative estimate of drug-likeness (QED) is 0.0452. The average Bonchev–Trinajstić information content (AvgIpc) is 2.95. The van der Waals surface area contributed by atoms with E-state index in [-0.39, 0.29) is 11.9 Å². The molecule has 0 aliphatic carbocycles. The number of likely N-dealkylation sites (N-methyl/N-ethyl adjacent to an activating group) is 1. The van der Waals surface area contributed by atoms with Gasteiger partial charge in [-0.2, -0.15) is 0 Å². The van der Waals surface area contributed by atoms with Crippen molar-refractivity contribution in [1.82, 2.24) is 9.80 Å². The van der Waals surface area contributed by atoms with Crippen LogP contribution in [0.3, 0.4) is 0 Å². The summed E-state index contributed by atoms with van der Waals surface area (Å²) in [6.07, 6.45) is 21.0. The molecular formula is C38H74N2O4. The van der Waals surface area contributed by atoms with E-state index in [1.165, 1.54) is 56.9 Å². The Morgan fingerprint density at radius 1 is 0.614 bits per heavy atom. The molecule has 0 saturated heterocycles. The van der Waals surface area contributed by atoms with Crippen LogP contribution in [0.2, 0.25) is 0 Å². The molecule has 0 amide bonds. The van der Waals surface area contributed by atoms with E-state index in [9.17, 15) is 9.59 Å². The van der Waals surface area contributed by atoms with Gasteiger partial charge in [0, 0.05) is 25.9 Å². The molecule has 0 aliphatic rings. The second kappa shape index (κ2) is 29.0. The Morgan fingerprint density at radius 2 is 1.14 bits per heavy atom. The highest BCUT2D eigenvalue weighted by Crippen LogP contribution is 2.22. The van der Waals surface area contributed by atoms with Gasteiger partial charge in [-0.25, -0.2) is 0 Å². The highest BCUT2D eigenvalue weighted by Gasteiger charge is 2.09. The second-order valence-corrected chi connectivity index (χ2v) is 14.2.